The number of imidazole rings is 1. The summed E-state index contributed by atoms with van der Waals surface area (Å²) in [5.74, 6) is -1.15. The minimum absolute atomic E-state index is 0.0192. The molecule has 2 aromatic heterocycles. The van der Waals surface area contributed by atoms with Crippen LogP contribution in [0.3, 0.4) is 0 Å². The number of nitrogens with one attached hydrogen (secondary N) is 2. The van der Waals surface area contributed by atoms with E-state index in [4.69, 9.17) is 15.2 Å². The number of nitrogens with zero attached hydrogens (tertiary/aromatic N) is 4. The summed E-state index contributed by atoms with van der Waals surface area (Å²) in [4.78, 5) is 96.9. The first-order valence-corrected chi connectivity index (χ1v) is 28.0. The van der Waals surface area contributed by atoms with E-state index in [2.05, 4.69) is 50.4 Å². The lowest BCUT2D eigenvalue weighted by molar-refractivity contribution is -0.347. The van der Waals surface area contributed by atoms with E-state index in [1.54, 1.807) is 0 Å². The lowest BCUT2D eigenvalue weighted by atomic mass is 9.87. The molecule has 6 N–H and O–H groups in total. The van der Waals surface area contributed by atoms with E-state index in [-0.39, 0.29) is 41.6 Å². The Hall–Kier alpha value is -2.48. The quantitative estimate of drug-likeness (QED) is 0.0375. The summed E-state index contributed by atoms with van der Waals surface area (Å²) in [6.07, 6.45) is 8.94. The fraction of sp³-hybridized carbons (Fsp3) is 0.795. The Bertz CT molecular complexity index is 2080. The molecule has 388 valence electrons. The number of nitrogen functional groups attached to an aromatic ring is 1. The number of aromatic nitrogens is 4. The number of aliphatic hydroxyl groups excluding tert-OH is 2. The molecule has 4 rings (SSSR count). The molecule has 2 saturated heterocycles. The Labute approximate surface area is 399 Å². The number of aliphatic hydroxyl groups is 2. The number of amides is 2. The van der Waals surface area contributed by atoms with Gasteiger partial charge in [-0.05, 0) is 19.3 Å². The second-order valence-electron chi connectivity index (χ2n) is 17.3. The Morgan fingerprint density at radius 3 is 2.16 bits per heavy atom. The van der Waals surface area contributed by atoms with Crippen LogP contribution in [0.2, 0.25) is 0 Å². The van der Waals surface area contributed by atoms with Gasteiger partial charge in [-0.1, -0.05) is 96.7 Å². The number of carbonyl (C=O) groups is 3. The molecule has 2 fully saturated rings. The number of thioether (sulfide) groups is 1. The normalized spacial score (nSPS) is 23.0. The van der Waals surface area contributed by atoms with Gasteiger partial charge in [0.25, 0.3) is 15.6 Å². The van der Waals surface area contributed by atoms with Crippen LogP contribution < -0.4 is 35.9 Å². The monoisotopic (exact) mass is 1040 g/mol. The fourth-order valence-corrected chi connectivity index (χ4v) is 10.8. The second-order valence-corrected chi connectivity index (χ2v) is 22.5. The lowest BCUT2D eigenvalue weighted by Gasteiger charge is -2.36. The third-order valence-electron chi connectivity index (χ3n) is 11.1. The summed E-state index contributed by atoms with van der Waals surface area (Å²) in [6, 6.07) is 0. The zero-order valence-electron chi connectivity index (χ0n) is 38.4. The van der Waals surface area contributed by atoms with Crippen LogP contribution in [-0.2, 0) is 55.4 Å². The lowest BCUT2D eigenvalue weighted by Crippen LogP contribution is -2.46. The van der Waals surface area contributed by atoms with Crippen molar-refractivity contribution in [2.75, 3.05) is 37.8 Å². The Balaban J connectivity index is 1.06. The smallest absolute Gasteiger partial charge is 0.274 e. The number of unbranched alkanes of at least 4 members (excludes halogenated alkanes) is 9. The van der Waals surface area contributed by atoms with Crippen LogP contribution in [0.5, 0.6) is 0 Å². The first kappa shape index (κ1) is 58.1. The minimum Gasteiger partial charge on any atom is -0.790 e. The summed E-state index contributed by atoms with van der Waals surface area (Å²) in [6.45, 7) is 2.38. The van der Waals surface area contributed by atoms with Gasteiger partial charge in [-0.2, -0.15) is 0 Å². The van der Waals surface area contributed by atoms with Crippen molar-refractivity contribution in [3.63, 3.8) is 0 Å². The average Bonchev–Trinajstić information content (AvgIpc) is 3.75. The van der Waals surface area contributed by atoms with Gasteiger partial charge in [-0.3, -0.25) is 28.1 Å². The van der Waals surface area contributed by atoms with E-state index in [9.17, 15) is 57.9 Å². The third-order valence-corrected chi connectivity index (χ3v) is 15.1. The molecule has 68 heavy (non-hydrogen) atoms. The van der Waals surface area contributed by atoms with Crippen molar-refractivity contribution in [3.05, 3.63) is 12.7 Å². The number of phosphoric acid groups is 3. The van der Waals surface area contributed by atoms with Crippen LogP contribution >= 0.6 is 35.2 Å². The molecule has 2 aliphatic heterocycles. The Morgan fingerprint density at radius 1 is 0.868 bits per heavy atom. The Kier molecular flexibility index (Phi) is 23.4. The van der Waals surface area contributed by atoms with E-state index in [0.717, 1.165) is 67.5 Å². The van der Waals surface area contributed by atoms with Crippen molar-refractivity contribution in [1.29, 1.82) is 0 Å². The molecule has 4 unspecified atom stereocenters. The van der Waals surface area contributed by atoms with E-state index >= 15 is 0 Å². The van der Waals surface area contributed by atoms with Gasteiger partial charge in [0.05, 0.1) is 39.6 Å². The molecule has 2 amide bonds. The van der Waals surface area contributed by atoms with Crippen molar-refractivity contribution in [3.8, 4) is 0 Å². The summed E-state index contributed by atoms with van der Waals surface area (Å²) in [7, 11) is -17.6. The van der Waals surface area contributed by atoms with E-state index < -0.39 is 84.6 Å². The molecule has 4 heterocycles. The van der Waals surface area contributed by atoms with Crippen LogP contribution in [-0.4, -0.2) is 115 Å². The number of hydrogen-bond acceptors (Lipinski definition) is 23. The molecule has 0 bridgehead atoms. The maximum absolute atomic E-state index is 12.6. The SMILES string of the molecule is CCCCCCCCC1OC1CCCCCCCC(=O)SCCNC(=O)CCNC(=O)[C@H](O)C(C)(C)COP(=O)([O-])OP(=O)([O-])OC[C@H]1O[C@@H](n2cnc3c(N)ncnc32)[C@H](O)[C@@H]1OP(=O)([O-])[O-]. The summed E-state index contributed by atoms with van der Waals surface area (Å²) >= 11 is 1.13. The molecule has 2 aliphatic rings. The topological polar surface area (TPSA) is 387 Å². The summed E-state index contributed by atoms with van der Waals surface area (Å²) < 4.78 is 66.7. The molecular formula is C39H64N7O18P3S-4. The van der Waals surface area contributed by atoms with Crippen LogP contribution in [0.1, 0.15) is 123 Å². The van der Waals surface area contributed by atoms with Crippen LogP contribution in [0, 0.1) is 5.41 Å². The zero-order chi connectivity index (χ0) is 50.1. The van der Waals surface area contributed by atoms with Gasteiger partial charge in [0, 0.05) is 37.1 Å². The molecule has 29 heteroatoms. The van der Waals surface area contributed by atoms with Crippen LogP contribution in [0.25, 0.3) is 11.2 Å². The average molecular weight is 1040 g/mol. The number of phosphoric ester groups is 3. The van der Waals surface area contributed by atoms with E-state index in [1.807, 2.05) is 0 Å². The number of carbonyl (C=O) groups excluding carboxylic acids is 3. The molecule has 0 spiro atoms. The maximum Gasteiger partial charge on any atom is 0.274 e. The fourth-order valence-electron chi connectivity index (χ4n) is 7.30. The number of rotatable bonds is 34. The number of anilines is 1. The van der Waals surface area contributed by atoms with Gasteiger partial charge in [-0.25, -0.2) is 19.3 Å². The third kappa shape index (κ3) is 20.0. The number of hydrogen-bond donors (Lipinski definition) is 5. The summed E-state index contributed by atoms with van der Waals surface area (Å²) in [5.41, 5.74) is 4.09. The molecule has 0 aliphatic carbocycles. The Morgan fingerprint density at radius 2 is 1.50 bits per heavy atom. The van der Waals surface area contributed by atoms with Crippen molar-refractivity contribution < 1.29 is 85.2 Å². The van der Waals surface area contributed by atoms with Crippen molar-refractivity contribution in [2.24, 2.45) is 5.41 Å². The van der Waals surface area contributed by atoms with Crippen LogP contribution in [0.4, 0.5) is 5.82 Å². The molecule has 0 radical (unpaired) electrons. The first-order chi connectivity index (χ1) is 32.0. The highest BCUT2D eigenvalue weighted by molar-refractivity contribution is 8.13. The first-order valence-electron chi connectivity index (χ1n) is 22.7. The molecular weight excluding hydrogens is 979 g/mol. The number of epoxide rings is 1. The van der Waals surface area contributed by atoms with Gasteiger partial charge in [0.15, 0.2) is 22.8 Å². The predicted molar refractivity (Wildman–Crippen MR) is 237 cm³/mol. The second kappa shape index (κ2) is 27.4. The van der Waals surface area contributed by atoms with Crippen molar-refractivity contribution in [1.82, 2.24) is 30.2 Å². The molecule has 0 saturated carbocycles. The van der Waals surface area contributed by atoms with Crippen molar-refractivity contribution >= 4 is 69.1 Å². The standard InChI is InChI=1S/C39H68N7O18P3S/c1-4-5-6-7-9-12-15-26-27(61-26)16-13-10-8-11-14-17-30(48)68-21-20-41-29(47)18-19-42-37(51)34(50)39(2,3)23-60-67(57,58)64-66(55,56)59-22-28-33(63-65(52,53)54)32(49)38(62-28)46-25-45-31-35(40)43-24-44-36(31)46/h24-28,32-34,38,49-50H,4-23H2,1-3H3,(H,41,47)(H,42,51)(H,55,56)(H,57,58)(H2,40,43,44)(H2,52,53,54)/p-4/t26?,27?,28-,32-,33-,34+,38-/m1/s1. The highest BCUT2D eigenvalue weighted by atomic mass is 32.2. The number of fused-ring (bicyclic) bond motifs is 1. The van der Waals surface area contributed by atoms with Gasteiger partial charge in [0.1, 0.15) is 36.3 Å². The summed E-state index contributed by atoms with van der Waals surface area (Å²) in [5, 5.41) is 26.5. The van der Waals surface area contributed by atoms with Gasteiger partial charge >= 0.3 is 0 Å². The molecule has 2 aromatic rings. The zero-order valence-corrected chi connectivity index (χ0v) is 41.9. The van der Waals surface area contributed by atoms with Gasteiger partial charge in [0.2, 0.25) is 11.8 Å². The minimum atomic E-state index is -5.92. The molecule has 9 atom stereocenters. The van der Waals surface area contributed by atoms with E-state index in [0.29, 0.717) is 24.4 Å². The van der Waals surface area contributed by atoms with Crippen molar-refractivity contribution in [2.45, 2.75) is 160 Å². The van der Waals surface area contributed by atoms with Gasteiger partial charge in [-0.15, -0.1) is 0 Å². The molecule has 0 aromatic carbocycles. The highest BCUT2D eigenvalue weighted by Gasteiger charge is 2.47. The maximum atomic E-state index is 12.6. The van der Waals surface area contributed by atoms with Crippen LogP contribution in [0.15, 0.2) is 12.7 Å². The largest absolute Gasteiger partial charge is 0.790 e. The van der Waals surface area contributed by atoms with Gasteiger partial charge < -0.3 is 73.8 Å². The van der Waals surface area contributed by atoms with E-state index in [1.165, 1.54) is 58.8 Å². The number of nitrogens with two attached hydrogens (primary N) is 1. The number of ether oxygens (including phenoxy) is 2. The molecule has 25 nitrogen and oxygen atoms in total. The highest BCUT2D eigenvalue weighted by Crippen LogP contribution is 2.56. The predicted octanol–water partition coefficient (Wildman–Crippen LogP) is 1.39.